The third-order valence-electron chi connectivity index (χ3n) is 5.23. The molecule has 168 valence electrons. The summed E-state index contributed by atoms with van der Waals surface area (Å²) in [5, 5.41) is 2.70. The molecule has 0 spiro atoms. The number of rotatable bonds is 4. The lowest BCUT2D eigenvalue weighted by Gasteiger charge is -2.12. The molecule has 1 N–H and O–H groups in total. The highest BCUT2D eigenvalue weighted by Crippen LogP contribution is 2.31. The van der Waals surface area contributed by atoms with Crippen molar-refractivity contribution in [3.8, 4) is 27.9 Å². The molecule has 5 rings (SSSR count). The second-order valence-corrected chi connectivity index (χ2v) is 7.61. The quantitative estimate of drug-likeness (QED) is 0.384. The summed E-state index contributed by atoms with van der Waals surface area (Å²) < 4.78 is 43.7. The van der Waals surface area contributed by atoms with Gasteiger partial charge in [-0.05, 0) is 48.0 Å². The van der Waals surface area contributed by atoms with E-state index < -0.39 is 17.5 Å². The Labute approximate surface area is 191 Å². The zero-order valence-electron chi connectivity index (χ0n) is 17.8. The molecule has 0 aliphatic carbocycles. The molecule has 5 aromatic rings. The second kappa shape index (κ2) is 8.43. The van der Waals surface area contributed by atoms with Crippen LogP contribution in [0, 0.1) is 17.5 Å². The lowest BCUT2D eigenvalue weighted by Crippen LogP contribution is -2.07. The molecule has 3 aromatic heterocycles. The second-order valence-electron chi connectivity index (χ2n) is 7.61. The van der Waals surface area contributed by atoms with E-state index in [4.69, 9.17) is 0 Å². The lowest BCUT2D eigenvalue weighted by atomic mass is 10.0. The number of nitrogens with zero attached hydrogens (tertiary/aromatic N) is 4. The van der Waals surface area contributed by atoms with E-state index in [9.17, 15) is 18.0 Å². The van der Waals surface area contributed by atoms with E-state index in [0.29, 0.717) is 39.2 Å². The predicted octanol–water partition coefficient (Wildman–Crippen LogP) is 5.53. The Kier molecular flexibility index (Phi) is 5.29. The zero-order valence-corrected chi connectivity index (χ0v) is 17.8. The number of nitrogens with one attached hydrogen (secondary N) is 1. The van der Waals surface area contributed by atoms with Gasteiger partial charge < -0.3 is 5.32 Å². The number of halogens is 3. The van der Waals surface area contributed by atoms with Gasteiger partial charge in [-0.1, -0.05) is 0 Å². The number of fused-ring (bicyclic) bond motifs is 1. The third-order valence-corrected chi connectivity index (χ3v) is 5.23. The Morgan fingerprint density at radius 3 is 2.47 bits per heavy atom. The molecule has 9 heteroatoms. The van der Waals surface area contributed by atoms with Crippen LogP contribution < -0.4 is 5.32 Å². The fourth-order valence-corrected chi connectivity index (χ4v) is 3.75. The monoisotopic (exact) mass is 459 g/mol. The van der Waals surface area contributed by atoms with Gasteiger partial charge in [0.15, 0.2) is 5.65 Å². The SMILES string of the molecule is CC(=O)Nc1cc(-c2ccc(F)cc2F)cc(-n2cnc3cc(-c4ccncc4F)cnc32)c1. The molecule has 2 aromatic carbocycles. The minimum Gasteiger partial charge on any atom is -0.326 e. The largest absolute Gasteiger partial charge is 0.326 e. The van der Waals surface area contributed by atoms with Crippen molar-refractivity contribution in [3.05, 3.63) is 90.9 Å². The first kappa shape index (κ1) is 21.3. The first-order chi connectivity index (χ1) is 16.4. The Morgan fingerprint density at radius 2 is 1.71 bits per heavy atom. The van der Waals surface area contributed by atoms with Gasteiger partial charge in [0.2, 0.25) is 5.91 Å². The van der Waals surface area contributed by atoms with Crippen molar-refractivity contribution in [2.75, 3.05) is 5.32 Å². The van der Waals surface area contributed by atoms with Gasteiger partial charge >= 0.3 is 0 Å². The topological polar surface area (TPSA) is 72.7 Å². The Bertz CT molecular complexity index is 1560. The normalized spacial score (nSPS) is 11.1. The van der Waals surface area contributed by atoms with Crippen molar-refractivity contribution in [1.29, 1.82) is 0 Å². The highest BCUT2D eigenvalue weighted by Gasteiger charge is 2.14. The van der Waals surface area contributed by atoms with Crippen LogP contribution >= 0.6 is 0 Å². The van der Waals surface area contributed by atoms with Crippen LogP contribution in [-0.4, -0.2) is 25.4 Å². The molecule has 0 radical (unpaired) electrons. The maximum absolute atomic E-state index is 14.5. The standard InChI is InChI=1S/C25H16F3N5O/c1-14(34)32-18-6-15(20-3-2-17(26)9-22(20)27)7-19(10-18)33-13-31-24-8-16(11-30-25(24)33)21-4-5-29-12-23(21)28/h2-13H,1H3,(H,32,34). The molecular formula is C25H16F3N5O. The number of carbonyl (C=O) groups excluding carboxylic acids is 1. The molecule has 0 bridgehead atoms. The summed E-state index contributed by atoms with van der Waals surface area (Å²) in [5.74, 6) is -2.20. The van der Waals surface area contributed by atoms with Gasteiger partial charge in [-0.15, -0.1) is 0 Å². The first-order valence-corrected chi connectivity index (χ1v) is 10.2. The minimum atomic E-state index is -0.733. The average molecular weight is 459 g/mol. The van der Waals surface area contributed by atoms with Gasteiger partial charge in [0.05, 0.1) is 11.9 Å². The lowest BCUT2D eigenvalue weighted by molar-refractivity contribution is -0.114. The summed E-state index contributed by atoms with van der Waals surface area (Å²) >= 11 is 0. The Morgan fingerprint density at radius 1 is 0.882 bits per heavy atom. The number of anilines is 1. The summed E-state index contributed by atoms with van der Waals surface area (Å²) in [6.07, 6.45) is 5.67. The van der Waals surface area contributed by atoms with Crippen LogP contribution in [0.15, 0.2) is 73.4 Å². The van der Waals surface area contributed by atoms with Gasteiger partial charge in [-0.25, -0.2) is 23.1 Å². The number of imidazole rings is 1. The van der Waals surface area contributed by atoms with E-state index in [2.05, 4.69) is 20.3 Å². The van der Waals surface area contributed by atoms with Crippen molar-refractivity contribution in [1.82, 2.24) is 19.5 Å². The number of hydrogen-bond acceptors (Lipinski definition) is 4. The molecule has 34 heavy (non-hydrogen) atoms. The minimum absolute atomic E-state index is 0.169. The van der Waals surface area contributed by atoms with Crippen molar-refractivity contribution in [2.45, 2.75) is 6.92 Å². The average Bonchev–Trinajstić information content (AvgIpc) is 3.22. The van der Waals surface area contributed by atoms with Crippen molar-refractivity contribution in [2.24, 2.45) is 0 Å². The summed E-state index contributed by atoms with van der Waals surface area (Å²) in [5.41, 5.74) is 3.43. The van der Waals surface area contributed by atoms with Gasteiger partial charge in [-0.2, -0.15) is 0 Å². The van der Waals surface area contributed by atoms with E-state index in [0.717, 1.165) is 18.3 Å². The maximum Gasteiger partial charge on any atom is 0.221 e. The Hall–Kier alpha value is -4.53. The number of aromatic nitrogens is 4. The zero-order chi connectivity index (χ0) is 23.8. The molecule has 0 aliphatic heterocycles. The molecule has 3 heterocycles. The van der Waals surface area contributed by atoms with E-state index in [-0.39, 0.29) is 11.5 Å². The van der Waals surface area contributed by atoms with Crippen molar-refractivity contribution >= 4 is 22.8 Å². The van der Waals surface area contributed by atoms with E-state index >= 15 is 0 Å². The van der Waals surface area contributed by atoms with Gasteiger partial charge in [0.1, 0.15) is 29.3 Å². The van der Waals surface area contributed by atoms with Crippen molar-refractivity contribution < 1.29 is 18.0 Å². The molecule has 0 atom stereocenters. The molecule has 0 saturated carbocycles. The fourth-order valence-electron chi connectivity index (χ4n) is 3.75. The predicted molar refractivity (Wildman–Crippen MR) is 122 cm³/mol. The summed E-state index contributed by atoms with van der Waals surface area (Å²) in [4.78, 5) is 24.3. The molecule has 0 fully saturated rings. The molecule has 6 nitrogen and oxygen atoms in total. The van der Waals surface area contributed by atoms with Crippen LogP contribution in [0.2, 0.25) is 0 Å². The highest BCUT2D eigenvalue weighted by atomic mass is 19.1. The van der Waals surface area contributed by atoms with Gasteiger partial charge in [0.25, 0.3) is 0 Å². The van der Waals surface area contributed by atoms with Crippen LogP contribution in [0.5, 0.6) is 0 Å². The van der Waals surface area contributed by atoms with Crippen LogP contribution in [0.3, 0.4) is 0 Å². The van der Waals surface area contributed by atoms with Gasteiger partial charge in [-0.3, -0.25) is 14.3 Å². The molecular weight excluding hydrogens is 443 g/mol. The fraction of sp³-hybridized carbons (Fsp3) is 0.0400. The van der Waals surface area contributed by atoms with Crippen LogP contribution in [0.25, 0.3) is 39.1 Å². The number of carbonyl (C=O) groups is 1. The number of amides is 1. The third kappa shape index (κ3) is 3.99. The molecule has 0 aliphatic rings. The Balaban J connectivity index is 1.64. The summed E-state index contributed by atoms with van der Waals surface area (Å²) in [7, 11) is 0. The van der Waals surface area contributed by atoms with E-state index in [1.165, 1.54) is 31.7 Å². The van der Waals surface area contributed by atoms with E-state index in [1.54, 1.807) is 34.9 Å². The van der Waals surface area contributed by atoms with Crippen molar-refractivity contribution in [3.63, 3.8) is 0 Å². The summed E-state index contributed by atoms with van der Waals surface area (Å²) in [6, 6.07) is 11.5. The van der Waals surface area contributed by atoms with E-state index in [1.807, 2.05) is 0 Å². The molecule has 0 saturated heterocycles. The highest BCUT2D eigenvalue weighted by molar-refractivity contribution is 5.90. The smallest absolute Gasteiger partial charge is 0.221 e. The summed E-state index contributed by atoms with van der Waals surface area (Å²) in [6.45, 7) is 1.36. The number of pyridine rings is 2. The number of hydrogen-bond donors (Lipinski definition) is 1. The maximum atomic E-state index is 14.5. The van der Waals surface area contributed by atoms with Crippen LogP contribution in [0.4, 0.5) is 18.9 Å². The van der Waals surface area contributed by atoms with Crippen LogP contribution in [0.1, 0.15) is 6.92 Å². The number of benzene rings is 2. The molecule has 1 amide bonds. The molecule has 0 unspecified atom stereocenters. The van der Waals surface area contributed by atoms with Crippen LogP contribution in [-0.2, 0) is 4.79 Å². The van der Waals surface area contributed by atoms with Gasteiger partial charge in [0, 0.05) is 47.8 Å². The first-order valence-electron chi connectivity index (χ1n) is 10.2.